The van der Waals surface area contributed by atoms with Crippen molar-refractivity contribution in [1.29, 1.82) is 0 Å². The van der Waals surface area contributed by atoms with Crippen LogP contribution in [0.5, 0.6) is 0 Å². The summed E-state index contributed by atoms with van der Waals surface area (Å²) in [5.41, 5.74) is 4.30. The van der Waals surface area contributed by atoms with Gasteiger partial charge in [-0.1, -0.05) is 54.8 Å². The molecule has 23 heavy (non-hydrogen) atoms. The smallest absolute Gasteiger partial charge is 0.0426 e. The van der Waals surface area contributed by atoms with Crippen molar-refractivity contribution in [1.82, 2.24) is 0 Å². The molecule has 0 aromatic heterocycles. The van der Waals surface area contributed by atoms with E-state index in [0.717, 1.165) is 29.8 Å². The fraction of sp³-hybridized carbons (Fsp3) is 0.300. The second-order valence-corrected chi connectivity index (χ2v) is 6.96. The minimum Gasteiger partial charge on any atom is -0.372 e. The Kier molecular flexibility index (Phi) is 5.30. The standard InChI is InChI=1S/C20H21Cl2N/c1-15(17-12-18(21)14-19(22)13-17)16-6-8-20(9-7-16)23-10-4-2-3-5-11-23/h6-9,12-14H,1-5,10-11H2. The molecule has 1 nitrogen and oxygen atoms in total. The average molecular weight is 346 g/mol. The fourth-order valence-electron chi connectivity index (χ4n) is 3.10. The van der Waals surface area contributed by atoms with Crippen LogP contribution in [-0.4, -0.2) is 13.1 Å². The second kappa shape index (κ2) is 7.42. The van der Waals surface area contributed by atoms with Gasteiger partial charge in [-0.15, -0.1) is 0 Å². The van der Waals surface area contributed by atoms with E-state index in [1.54, 1.807) is 6.07 Å². The highest BCUT2D eigenvalue weighted by Gasteiger charge is 2.11. The number of rotatable bonds is 3. The molecule has 3 rings (SSSR count). The largest absolute Gasteiger partial charge is 0.372 e. The first-order valence-electron chi connectivity index (χ1n) is 8.14. The number of anilines is 1. The molecule has 2 aromatic carbocycles. The summed E-state index contributed by atoms with van der Waals surface area (Å²) in [6.45, 7) is 6.52. The molecule has 120 valence electrons. The molecular formula is C20H21Cl2N. The first kappa shape index (κ1) is 16.4. The summed E-state index contributed by atoms with van der Waals surface area (Å²) in [6, 6.07) is 14.2. The van der Waals surface area contributed by atoms with Gasteiger partial charge in [-0.2, -0.15) is 0 Å². The lowest BCUT2D eigenvalue weighted by Gasteiger charge is -2.23. The summed E-state index contributed by atoms with van der Waals surface area (Å²) in [5.74, 6) is 0. The first-order valence-corrected chi connectivity index (χ1v) is 8.90. The van der Waals surface area contributed by atoms with E-state index in [2.05, 4.69) is 35.7 Å². The zero-order valence-electron chi connectivity index (χ0n) is 13.2. The van der Waals surface area contributed by atoms with Crippen LogP contribution in [0.3, 0.4) is 0 Å². The maximum absolute atomic E-state index is 6.09. The molecule has 0 aliphatic carbocycles. The summed E-state index contributed by atoms with van der Waals surface area (Å²) in [5, 5.41) is 1.27. The molecule has 0 amide bonds. The van der Waals surface area contributed by atoms with Crippen LogP contribution in [0, 0.1) is 0 Å². The molecule has 1 heterocycles. The van der Waals surface area contributed by atoms with Crippen LogP contribution >= 0.6 is 23.2 Å². The Morgan fingerprint density at radius 1 is 0.783 bits per heavy atom. The summed E-state index contributed by atoms with van der Waals surface area (Å²) in [6.07, 6.45) is 5.27. The summed E-state index contributed by atoms with van der Waals surface area (Å²) in [4.78, 5) is 2.48. The van der Waals surface area contributed by atoms with Crippen molar-refractivity contribution in [3.8, 4) is 0 Å². The monoisotopic (exact) mass is 345 g/mol. The summed E-state index contributed by atoms with van der Waals surface area (Å²) >= 11 is 12.2. The molecule has 2 aromatic rings. The SMILES string of the molecule is C=C(c1ccc(N2CCCCCC2)cc1)c1cc(Cl)cc(Cl)c1. The third kappa shape index (κ3) is 4.10. The van der Waals surface area contributed by atoms with Crippen molar-refractivity contribution in [2.75, 3.05) is 18.0 Å². The Morgan fingerprint density at radius 3 is 1.91 bits per heavy atom. The Hall–Kier alpha value is -1.44. The topological polar surface area (TPSA) is 3.24 Å². The number of halogens is 2. The molecular weight excluding hydrogens is 325 g/mol. The van der Waals surface area contributed by atoms with Gasteiger partial charge in [-0.05, 0) is 59.9 Å². The van der Waals surface area contributed by atoms with Gasteiger partial charge in [0.15, 0.2) is 0 Å². The highest BCUT2D eigenvalue weighted by molar-refractivity contribution is 6.34. The highest BCUT2D eigenvalue weighted by Crippen LogP contribution is 2.29. The van der Waals surface area contributed by atoms with Crippen molar-refractivity contribution < 1.29 is 0 Å². The second-order valence-electron chi connectivity index (χ2n) is 6.08. The summed E-state index contributed by atoms with van der Waals surface area (Å²) < 4.78 is 0. The van der Waals surface area contributed by atoms with Gasteiger partial charge in [0.05, 0.1) is 0 Å². The van der Waals surface area contributed by atoms with Gasteiger partial charge in [-0.25, -0.2) is 0 Å². The predicted octanol–water partition coefficient (Wildman–Crippen LogP) is 6.44. The van der Waals surface area contributed by atoms with Crippen molar-refractivity contribution in [2.45, 2.75) is 25.7 Å². The van der Waals surface area contributed by atoms with Crippen molar-refractivity contribution in [3.05, 3.63) is 70.2 Å². The minimum atomic E-state index is 0.634. The lowest BCUT2D eigenvalue weighted by molar-refractivity contribution is 0.726. The molecule has 0 N–H and O–H groups in total. The Bertz CT molecular complexity index is 663. The third-order valence-corrected chi connectivity index (χ3v) is 4.83. The van der Waals surface area contributed by atoms with Gasteiger partial charge in [0.25, 0.3) is 0 Å². The van der Waals surface area contributed by atoms with Crippen LogP contribution < -0.4 is 4.90 Å². The molecule has 3 heteroatoms. The van der Waals surface area contributed by atoms with Gasteiger partial charge < -0.3 is 4.90 Å². The van der Waals surface area contributed by atoms with E-state index in [-0.39, 0.29) is 0 Å². The lowest BCUT2D eigenvalue weighted by atomic mass is 9.99. The van der Waals surface area contributed by atoms with Gasteiger partial charge in [0.1, 0.15) is 0 Å². The normalized spacial score (nSPS) is 15.3. The Labute approximate surface area is 148 Å². The zero-order chi connectivity index (χ0) is 16.2. The molecule has 1 fully saturated rings. The molecule has 0 saturated carbocycles. The number of hydrogen-bond donors (Lipinski definition) is 0. The summed E-state index contributed by atoms with van der Waals surface area (Å²) in [7, 11) is 0. The van der Waals surface area contributed by atoms with E-state index in [4.69, 9.17) is 23.2 Å². The predicted molar refractivity (Wildman–Crippen MR) is 102 cm³/mol. The molecule has 0 spiro atoms. The third-order valence-electron chi connectivity index (χ3n) is 4.40. The first-order chi connectivity index (χ1) is 11.1. The van der Waals surface area contributed by atoms with Crippen molar-refractivity contribution in [2.24, 2.45) is 0 Å². The van der Waals surface area contributed by atoms with E-state index in [9.17, 15) is 0 Å². The Balaban J connectivity index is 1.79. The maximum atomic E-state index is 6.09. The quantitative estimate of drug-likeness (QED) is 0.618. The molecule has 1 saturated heterocycles. The van der Waals surface area contributed by atoms with E-state index < -0.39 is 0 Å². The van der Waals surface area contributed by atoms with Gasteiger partial charge in [0.2, 0.25) is 0 Å². The molecule has 0 radical (unpaired) electrons. The molecule has 0 bridgehead atoms. The van der Waals surface area contributed by atoms with Crippen LogP contribution in [0.25, 0.3) is 5.57 Å². The lowest BCUT2D eigenvalue weighted by Crippen LogP contribution is -2.23. The number of benzene rings is 2. The molecule has 1 aliphatic rings. The number of hydrogen-bond acceptors (Lipinski definition) is 1. The van der Waals surface area contributed by atoms with E-state index in [0.29, 0.717) is 10.0 Å². The van der Waals surface area contributed by atoms with Crippen molar-refractivity contribution >= 4 is 34.5 Å². The van der Waals surface area contributed by atoms with E-state index in [1.165, 1.54) is 31.4 Å². The number of nitrogens with zero attached hydrogens (tertiary/aromatic N) is 1. The van der Waals surface area contributed by atoms with Gasteiger partial charge >= 0.3 is 0 Å². The van der Waals surface area contributed by atoms with Gasteiger partial charge in [-0.3, -0.25) is 0 Å². The van der Waals surface area contributed by atoms with Crippen LogP contribution in [-0.2, 0) is 0 Å². The van der Waals surface area contributed by atoms with E-state index >= 15 is 0 Å². The minimum absolute atomic E-state index is 0.634. The maximum Gasteiger partial charge on any atom is 0.0426 e. The van der Waals surface area contributed by atoms with Gasteiger partial charge in [0, 0.05) is 28.8 Å². The molecule has 1 aliphatic heterocycles. The molecule has 0 unspecified atom stereocenters. The van der Waals surface area contributed by atoms with Crippen molar-refractivity contribution in [3.63, 3.8) is 0 Å². The van der Waals surface area contributed by atoms with Crippen LogP contribution in [0.2, 0.25) is 10.0 Å². The Morgan fingerprint density at radius 2 is 1.35 bits per heavy atom. The van der Waals surface area contributed by atoms with Crippen LogP contribution in [0.4, 0.5) is 5.69 Å². The zero-order valence-corrected chi connectivity index (χ0v) is 14.7. The van der Waals surface area contributed by atoms with Crippen LogP contribution in [0.1, 0.15) is 36.8 Å². The average Bonchev–Trinajstić information content (AvgIpc) is 2.83. The molecule has 0 atom stereocenters. The van der Waals surface area contributed by atoms with E-state index in [1.807, 2.05) is 12.1 Å². The highest BCUT2D eigenvalue weighted by atomic mass is 35.5. The fourth-order valence-corrected chi connectivity index (χ4v) is 3.62. The van der Waals surface area contributed by atoms with Crippen LogP contribution in [0.15, 0.2) is 49.0 Å².